The molecule has 1 aliphatic heterocycles. The molecule has 1 aliphatic rings. The number of nitrogens with one attached hydrogen (secondary N) is 1. The van der Waals surface area contributed by atoms with Crippen molar-refractivity contribution >= 4 is 11.6 Å². The van der Waals surface area contributed by atoms with Gasteiger partial charge in [-0.1, -0.05) is 60.7 Å². The van der Waals surface area contributed by atoms with E-state index in [4.69, 9.17) is 0 Å². The van der Waals surface area contributed by atoms with E-state index in [-0.39, 0.29) is 5.91 Å². The molecule has 4 heteroatoms. The highest BCUT2D eigenvalue weighted by Crippen LogP contribution is 2.14. The van der Waals surface area contributed by atoms with Gasteiger partial charge in [0.15, 0.2) is 0 Å². The van der Waals surface area contributed by atoms with E-state index in [0.29, 0.717) is 5.56 Å². The van der Waals surface area contributed by atoms with Gasteiger partial charge in [-0.2, -0.15) is 0 Å². The molecule has 0 bridgehead atoms. The average molecular weight is 386 g/mol. The summed E-state index contributed by atoms with van der Waals surface area (Å²) in [6.07, 6.45) is 0. The van der Waals surface area contributed by atoms with E-state index in [1.807, 2.05) is 48.5 Å². The van der Waals surface area contributed by atoms with E-state index in [1.54, 1.807) is 0 Å². The predicted molar refractivity (Wildman–Crippen MR) is 118 cm³/mol. The summed E-state index contributed by atoms with van der Waals surface area (Å²) in [6, 6.07) is 28.2. The molecule has 4 rings (SSSR count). The molecule has 0 spiro atoms. The first-order valence-electron chi connectivity index (χ1n) is 10.2. The molecular formula is C25H27N3O. The van der Waals surface area contributed by atoms with Crippen LogP contribution in [0.2, 0.25) is 0 Å². The molecule has 3 aromatic carbocycles. The SMILES string of the molecule is O=C(Nc1ccccc1)c1cccc(CN2CCN(Cc3ccccc3)CC2)c1. The number of amides is 1. The molecule has 0 saturated carbocycles. The monoisotopic (exact) mass is 385 g/mol. The second-order valence-electron chi connectivity index (χ2n) is 7.56. The van der Waals surface area contributed by atoms with Crippen LogP contribution in [-0.4, -0.2) is 41.9 Å². The summed E-state index contributed by atoms with van der Waals surface area (Å²) >= 11 is 0. The number of piperazine rings is 1. The Morgan fingerprint density at radius 3 is 1.90 bits per heavy atom. The smallest absolute Gasteiger partial charge is 0.255 e. The van der Waals surface area contributed by atoms with Crippen molar-refractivity contribution in [2.45, 2.75) is 13.1 Å². The molecule has 1 heterocycles. The Hall–Kier alpha value is -2.95. The molecular weight excluding hydrogens is 358 g/mol. The molecule has 3 aromatic rings. The van der Waals surface area contributed by atoms with E-state index in [1.165, 1.54) is 11.1 Å². The summed E-state index contributed by atoms with van der Waals surface area (Å²) in [5.41, 5.74) is 4.08. The second kappa shape index (κ2) is 9.50. The Morgan fingerprint density at radius 1 is 0.690 bits per heavy atom. The van der Waals surface area contributed by atoms with E-state index in [9.17, 15) is 4.79 Å². The Balaban J connectivity index is 1.30. The largest absolute Gasteiger partial charge is 0.322 e. The van der Waals surface area contributed by atoms with Gasteiger partial charge in [-0.05, 0) is 35.4 Å². The molecule has 4 nitrogen and oxygen atoms in total. The van der Waals surface area contributed by atoms with Crippen LogP contribution < -0.4 is 5.32 Å². The van der Waals surface area contributed by atoms with Crippen LogP contribution in [0.1, 0.15) is 21.5 Å². The van der Waals surface area contributed by atoms with Gasteiger partial charge in [0.1, 0.15) is 0 Å². The Labute approximate surface area is 172 Å². The lowest BCUT2D eigenvalue weighted by Crippen LogP contribution is -2.45. The van der Waals surface area contributed by atoms with Crippen molar-refractivity contribution in [3.05, 3.63) is 102 Å². The van der Waals surface area contributed by atoms with E-state index in [2.05, 4.69) is 51.5 Å². The Kier molecular flexibility index (Phi) is 6.35. The summed E-state index contributed by atoms with van der Waals surface area (Å²) in [4.78, 5) is 17.5. The predicted octanol–water partition coefficient (Wildman–Crippen LogP) is 4.26. The molecule has 0 radical (unpaired) electrons. The fraction of sp³-hybridized carbons (Fsp3) is 0.240. The Morgan fingerprint density at radius 2 is 1.24 bits per heavy atom. The topological polar surface area (TPSA) is 35.6 Å². The molecule has 0 aromatic heterocycles. The number of benzene rings is 3. The van der Waals surface area contributed by atoms with Gasteiger partial charge in [0, 0.05) is 50.5 Å². The summed E-state index contributed by atoms with van der Waals surface area (Å²) < 4.78 is 0. The first-order valence-corrected chi connectivity index (χ1v) is 10.2. The third-order valence-corrected chi connectivity index (χ3v) is 5.34. The lowest BCUT2D eigenvalue weighted by Gasteiger charge is -2.34. The molecule has 29 heavy (non-hydrogen) atoms. The van der Waals surface area contributed by atoms with Crippen LogP contribution in [0.25, 0.3) is 0 Å². The van der Waals surface area contributed by atoms with Gasteiger partial charge in [0.25, 0.3) is 5.91 Å². The van der Waals surface area contributed by atoms with Crippen LogP contribution >= 0.6 is 0 Å². The Bertz CT molecular complexity index is 919. The highest BCUT2D eigenvalue weighted by atomic mass is 16.1. The van der Waals surface area contributed by atoms with Gasteiger partial charge in [-0.25, -0.2) is 0 Å². The fourth-order valence-electron chi connectivity index (χ4n) is 3.74. The third kappa shape index (κ3) is 5.53. The lowest BCUT2D eigenvalue weighted by atomic mass is 10.1. The number of para-hydroxylation sites is 1. The van der Waals surface area contributed by atoms with Crippen molar-refractivity contribution in [3.63, 3.8) is 0 Å². The van der Waals surface area contributed by atoms with Crippen LogP contribution in [0.3, 0.4) is 0 Å². The number of rotatable bonds is 6. The van der Waals surface area contributed by atoms with Gasteiger partial charge in [0.05, 0.1) is 0 Å². The highest BCUT2D eigenvalue weighted by molar-refractivity contribution is 6.04. The zero-order chi connectivity index (χ0) is 19.9. The minimum Gasteiger partial charge on any atom is -0.322 e. The van der Waals surface area contributed by atoms with Gasteiger partial charge in [0.2, 0.25) is 0 Å². The van der Waals surface area contributed by atoms with Crippen molar-refractivity contribution in [2.24, 2.45) is 0 Å². The summed E-state index contributed by atoms with van der Waals surface area (Å²) in [5.74, 6) is -0.0641. The maximum absolute atomic E-state index is 12.5. The first kappa shape index (κ1) is 19.4. The maximum atomic E-state index is 12.5. The van der Waals surface area contributed by atoms with Gasteiger partial charge in [-0.15, -0.1) is 0 Å². The number of anilines is 1. The number of nitrogens with zero attached hydrogens (tertiary/aromatic N) is 2. The van der Waals surface area contributed by atoms with Crippen LogP contribution in [0.4, 0.5) is 5.69 Å². The van der Waals surface area contributed by atoms with E-state index < -0.39 is 0 Å². The lowest BCUT2D eigenvalue weighted by molar-refractivity contribution is 0.102. The second-order valence-corrected chi connectivity index (χ2v) is 7.56. The summed E-state index contributed by atoms with van der Waals surface area (Å²) in [7, 11) is 0. The highest BCUT2D eigenvalue weighted by Gasteiger charge is 2.17. The normalized spacial score (nSPS) is 15.2. The fourth-order valence-corrected chi connectivity index (χ4v) is 3.74. The van der Waals surface area contributed by atoms with Gasteiger partial charge in [-0.3, -0.25) is 14.6 Å². The number of hydrogen-bond donors (Lipinski definition) is 1. The summed E-state index contributed by atoms with van der Waals surface area (Å²) in [6.45, 7) is 6.14. The van der Waals surface area contributed by atoms with Crippen LogP contribution in [-0.2, 0) is 13.1 Å². The van der Waals surface area contributed by atoms with Gasteiger partial charge < -0.3 is 5.32 Å². The zero-order valence-corrected chi connectivity index (χ0v) is 16.6. The quantitative estimate of drug-likeness (QED) is 0.689. The van der Waals surface area contributed by atoms with Gasteiger partial charge >= 0.3 is 0 Å². The van der Waals surface area contributed by atoms with Crippen molar-refractivity contribution in [1.29, 1.82) is 0 Å². The average Bonchev–Trinajstić information content (AvgIpc) is 2.77. The van der Waals surface area contributed by atoms with Crippen LogP contribution in [0.15, 0.2) is 84.9 Å². The third-order valence-electron chi connectivity index (χ3n) is 5.34. The first-order chi connectivity index (χ1) is 14.3. The maximum Gasteiger partial charge on any atom is 0.255 e. The van der Waals surface area contributed by atoms with Crippen LogP contribution in [0, 0.1) is 0 Å². The molecule has 0 unspecified atom stereocenters. The number of carbonyl (C=O) groups excluding carboxylic acids is 1. The molecule has 1 fully saturated rings. The van der Waals surface area contributed by atoms with Crippen molar-refractivity contribution < 1.29 is 4.79 Å². The van der Waals surface area contributed by atoms with Crippen molar-refractivity contribution in [3.8, 4) is 0 Å². The van der Waals surface area contributed by atoms with E-state index >= 15 is 0 Å². The molecule has 148 valence electrons. The number of hydrogen-bond acceptors (Lipinski definition) is 3. The molecule has 1 N–H and O–H groups in total. The zero-order valence-electron chi connectivity index (χ0n) is 16.6. The van der Waals surface area contributed by atoms with E-state index in [0.717, 1.165) is 45.0 Å². The summed E-state index contributed by atoms with van der Waals surface area (Å²) in [5, 5.41) is 2.96. The minimum atomic E-state index is -0.0641. The molecule has 0 aliphatic carbocycles. The molecule has 1 saturated heterocycles. The minimum absolute atomic E-state index is 0.0641. The van der Waals surface area contributed by atoms with Crippen LogP contribution in [0.5, 0.6) is 0 Å². The number of carbonyl (C=O) groups is 1. The molecule has 1 amide bonds. The standard InChI is InChI=1S/C25H27N3O/c29-25(26-24-12-5-2-6-13-24)23-11-7-10-22(18-23)20-28-16-14-27(15-17-28)19-21-8-3-1-4-9-21/h1-13,18H,14-17,19-20H2,(H,26,29). The van der Waals surface area contributed by atoms with Crippen molar-refractivity contribution in [1.82, 2.24) is 9.80 Å². The molecule has 0 atom stereocenters. The van der Waals surface area contributed by atoms with Crippen molar-refractivity contribution in [2.75, 3.05) is 31.5 Å².